The Balaban J connectivity index is 1.96. The minimum atomic E-state index is -0.353. The molecule has 0 aromatic heterocycles. The predicted octanol–water partition coefficient (Wildman–Crippen LogP) is 3.72. The lowest BCUT2D eigenvalue weighted by atomic mass is 10.1. The van der Waals surface area contributed by atoms with Crippen LogP contribution in [0.25, 0.3) is 0 Å². The first-order valence-electron chi connectivity index (χ1n) is 8.51. The Kier molecular flexibility index (Phi) is 7.12. The first-order valence-corrected chi connectivity index (χ1v) is 9.30. The zero-order valence-corrected chi connectivity index (χ0v) is 17.0. The number of amides is 3. The SMILES string of the molecule is Cc1ccc(NC(=O)C(C)C)cc1NC(=O)CNC(=O)c1cccc(Br)c1. The molecule has 2 aromatic carbocycles. The Bertz CT molecular complexity index is 865. The van der Waals surface area contributed by atoms with E-state index in [1.165, 1.54) is 0 Å². The van der Waals surface area contributed by atoms with Crippen LogP contribution < -0.4 is 16.0 Å². The van der Waals surface area contributed by atoms with Crippen LogP contribution in [0.15, 0.2) is 46.9 Å². The minimum Gasteiger partial charge on any atom is -0.343 e. The predicted molar refractivity (Wildman–Crippen MR) is 110 cm³/mol. The molecule has 7 heteroatoms. The second kappa shape index (κ2) is 9.32. The molecule has 0 radical (unpaired) electrons. The number of carbonyl (C=O) groups is 3. The van der Waals surface area contributed by atoms with Gasteiger partial charge in [-0.05, 0) is 42.8 Å². The lowest BCUT2D eigenvalue weighted by Crippen LogP contribution is -2.33. The quantitative estimate of drug-likeness (QED) is 0.650. The van der Waals surface area contributed by atoms with Crippen molar-refractivity contribution >= 4 is 45.0 Å². The molecule has 142 valence electrons. The number of benzene rings is 2. The zero-order chi connectivity index (χ0) is 20.0. The van der Waals surface area contributed by atoms with Gasteiger partial charge >= 0.3 is 0 Å². The molecule has 0 saturated carbocycles. The third kappa shape index (κ3) is 6.21. The van der Waals surface area contributed by atoms with E-state index in [2.05, 4.69) is 31.9 Å². The van der Waals surface area contributed by atoms with Crippen molar-refractivity contribution in [3.05, 3.63) is 58.1 Å². The number of rotatable bonds is 6. The number of anilines is 2. The van der Waals surface area contributed by atoms with Crippen LogP contribution in [0.5, 0.6) is 0 Å². The maximum absolute atomic E-state index is 12.2. The van der Waals surface area contributed by atoms with Gasteiger partial charge in [0.15, 0.2) is 0 Å². The summed E-state index contributed by atoms with van der Waals surface area (Å²) in [6, 6.07) is 12.2. The van der Waals surface area contributed by atoms with E-state index in [9.17, 15) is 14.4 Å². The molecule has 0 saturated heterocycles. The largest absolute Gasteiger partial charge is 0.343 e. The van der Waals surface area contributed by atoms with Gasteiger partial charge in [-0.1, -0.05) is 41.9 Å². The number of nitrogens with one attached hydrogen (secondary N) is 3. The summed E-state index contributed by atoms with van der Waals surface area (Å²) in [6.45, 7) is 5.30. The van der Waals surface area contributed by atoms with Crippen molar-refractivity contribution in [3.63, 3.8) is 0 Å². The van der Waals surface area contributed by atoms with Gasteiger partial charge < -0.3 is 16.0 Å². The van der Waals surface area contributed by atoms with Crippen molar-refractivity contribution in [2.75, 3.05) is 17.2 Å². The second-order valence-corrected chi connectivity index (χ2v) is 7.33. The fraction of sp³-hybridized carbons (Fsp3) is 0.250. The molecule has 0 fully saturated rings. The van der Waals surface area contributed by atoms with Crippen LogP contribution in [0.3, 0.4) is 0 Å². The molecule has 3 amide bonds. The summed E-state index contributed by atoms with van der Waals surface area (Å²) >= 11 is 3.31. The second-order valence-electron chi connectivity index (χ2n) is 6.41. The van der Waals surface area contributed by atoms with E-state index in [1.807, 2.05) is 19.1 Å². The van der Waals surface area contributed by atoms with E-state index in [1.54, 1.807) is 44.2 Å². The molecule has 2 aromatic rings. The van der Waals surface area contributed by atoms with Gasteiger partial charge in [-0.25, -0.2) is 0 Å². The standard InChI is InChI=1S/C20H22BrN3O3/c1-12(2)19(26)23-16-8-7-13(3)17(10-16)24-18(25)11-22-20(27)14-5-4-6-15(21)9-14/h4-10,12H,11H2,1-3H3,(H,22,27)(H,23,26)(H,24,25). The highest BCUT2D eigenvalue weighted by atomic mass is 79.9. The van der Waals surface area contributed by atoms with Crippen molar-refractivity contribution < 1.29 is 14.4 Å². The highest BCUT2D eigenvalue weighted by molar-refractivity contribution is 9.10. The fourth-order valence-electron chi connectivity index (χ4n) is 2.21. The van der Waals surface area contributed by atoms with Crippen LogP contribution >= 0.6 is 15.9 Å². The molecular formula is C20H22BrN3O3. The van der Waals surface area contributed by atoms with Gasteiger partial charge in [-0.15, -0.1) is 0 Å². The third-order valence-corrected chi connectivity index (χ3v) is 4.29. The van der Waals surface area contributed by atoms with Gasteiger partial charge in [0.2, 0.25) is 11.8 Å². The van der Waals surface area contributed by atoms with Crippen LogP contribution in [0.4, 0.5) is 11.4 Å². The third-order valence-electron chi connectivity index (χ3n) is 3.80. The lowest BCUT2D eigenvalue weighted by Gasteiger charge is -2.13. The van der Waals surface area contributed by atoms with Gasteiger partial charge in [0.1, 0.15) is 0 Å². The Labute approximate surface area is 166 Å². The van der Waals surface area contributed by atoms with Crippen LogP contribution in [-0.2, 0) is 9.59 Å². The van der Waals surface area contributed by atoms with E-state index in [0.717, 1.165) is 10.0 Å². The molecule has 0 atom stereocenters. The summed E-state index contributed by atoms with van der Waals surface area (Å²) in [7, 11) is 0. The summed E-state index contributed by atoms with van der Waals surface area (Å²) in [6.07, 6.45) is 0. The number of hydrogen-bond donors (Lipinski definition) is 3. The van der Waals surface area contributed by atoms with E-state index < -0.39 is 0 Å². The minimum absolute atomic E-state index is 0.0996. The molecule has 0 bridgehead atoms. The Morgan fingerprint density at radius 3 is 2.44 bits per heavy atom. The molecule has 2 rings (SSSR count). The van der Waals surface area contributed by atoms with Crippen molar-refractivity contribution in [1.82, 2.24) is 5.32 Å². The van der Waals surface area contributed by atoms with Crippen molar-refractivity contribution in [3.8, 4) is 0 Å². The van der Waals surface area contributed by atoms with E-state index in [-0.39, 0.29) is 30.2 Å². The van der Waals surface area contributed by atoms with Gasteiger partial charge in [0.25, 0.3) is 5.91 Å². The number of halogens is 1. The molecular weight excluding hydrogens is 410 g/mol. The maximum Gasteiger partial charge on any atom is 0.251 e. The number of aryl methyl sites for hydroxylation is 1. The van der Waals surface area contributed by atoms with Crippen LogP contribution in [0.2, 0.25) is 0 Å². The average molecular weight is 432 g/mol. The summed E-state index contributed by atoms with van der Waals surface area (Å²) < 4.78 is 0.787. The zero-order valence-electron chi connectivity index (χ0n) is 15.4. The van der Waals surface area contributed by atoms with Gasteiger partial charge in [0, 0.05) is 27.3 Å². The van der Waals surface area contributed by atoms with Gasteiger partial charge in [-0.3, -0.25) is 14.4 Å². The lowest BCUT2D eigenvalue weighted by molar-refractivity contribution is -0.119. The monoisotopic (exact) mass is 431 g/mol. The van der Waals surface area contributed by atoms with E-state index >= 15 is 0 Å². The molecule has 0 aliphatic rings. The smallest absolute Gasteiger partial charge is 0.251 e. The summed E-state index contributed by atoms with van der Waals surface area (Å²) in [4.78, 5) is 36.1. The Morgan fingerprint density at radius 1 is 1.04 bits per heavy atom. The van der Waals surface area contributed by atoms with Crippen molar-refractivity contribution in [2.24, 2.45) is 5.92 Å². The molecule has 0 spiro atoms. The maximum atomic E-state index is 12.2. The van der Waals surface area contributed by atoms with E-state index in [4.69, 9.17) is 0 Å². The molecule has 0 aliphatic heterocycles. The Hall–Kier alpha value is -2.67. The highest BCUT2D eigenvalue weighted by Crippen LogP contribution is 2.20. The molecule has 27 heavy (non-hydrogen) atoms. The molecule has 0 aliphatic carbocycles. The molecule has 3 N–H and O–H groups in total. The number of carbonyl (C=O) groups excluding carboxylic acids is 3. The van der Waals surface area contributed by atoms with Crippen molar-refractivity contribution in [2.45, 2.75) is 20.8 Å². The van der Waals surface area contributed by atoms with Gasteiger partial charge in [-0.2, -0.15) is 0 Å². The average Bonchev–Trinajstić information content (AvgIpc) is 2.62. The van der Waals surface area contributed by atoms with Crippen LogP contribution in [0, 0.1) is 12.8 Å². The van der Waals surface area contributed by atoms with E-state index in [0.29, 0.717) is 16.9 Å². The summed E-state index contributed by atoms with van der Waals surface area (Å²) in [5.74, 6) is -0.926. The normalized spacial score (nSPS) is 10.4. The Morgan fingerprint density at radius 2 is 1.78 bits per heavy atom. The molecule has 0 unspecified atom stereocenters. The first kappa shape index (κ1) is 20.6. The highest BCUT2D eigenvalue weighted by Gasteiger charge is 2.11. The van der Waals surface area contributed by atoms with Crippen LogP contribution in [-0.4, -0.2) is 24.3 Å². The van der Waals surface area contributed by atoms with Crippen molar-refractivity contribution in [1.29, 1.82) is 0 Å². The van der Waals surface area contributed by atoms with Crippen LogP contribution in [0.1, 0.15) is 29.8 Å². The molecule has 0 heterocycles. The topological polar surface area (TPSA) is 87.3 Å². The first-order chi connectivity index (χ1) is 12.8. The summed E-state index contributed by atoms with van der Waals surface area (Å²) in [5, 5.41) is 8.14. The van der Waals surface area contributed by atoms with Gasteiger partial charge in [0.05, 0.1) is 6.54 Å². The molecule has 6 nitrogen and oxygen atoms in total. The summed E-state index contributed by atoms with van der Waals surface area (Å²) in [5.41, 5.74) is 2.50. The fourth-order valence-corrected chi connectivity index (χ4v) is 2.61. The number of hydrogen-bond acceptors (Lipinski definition) is 3.